The molecule has 0 bridgehead atoms. The lowest BCUT2D eigenvalue weighted by molar-refractivity contribution is -0.135. The molecule has 0 saturated carbocycles. The van der Waals surface area contributed by atoms with Crippen molar-refractivity contribution in [3.05, 3.63) is 63.5 Å². The molecule has 9 heteroatoms. The molecule has 0 radical (unpaired) electrons. The summed E-state index contributed by atoms with van der Waals surface area (Å²) in [5.74, 6) is 0.248. The van der Waals surface area contributed by atoms with Crippen molar-refractivity contribution in [3.8, 4) is 11.5 Å². The number of likely N-dealkylation sites (tertiary alicyclic amines) is 1. The highest BCUT2D eigenvalue weighted by Gasteiger charge is 2.37. The number of hydrogen-bond donors (Lipinski definition) is 0. The zero-order valence-corrected chi connectivity index (χ0v) is 19.7. The average molecular weight is 487 g/mol. The summed E-state index contributed by atoms with van der Waals surface area (Å²) in [6, 6.07) is 12.6. The maximum absolute atomic E-state index is 12.9. The average Bonchev–Trinajstić information content (AvgIpc) is 3.43. The highest BCUT2D eigenvalue weighted by atomic mass is 35.5. The largest absolute Gasteiger partial charge is 0.493 e. The van der Waals surface area contributed by atoms with Gasteiger partial charge in [0.15, 0.2) is 11.5 Å². The molecule has 2 heterocycles. The van der Waals surface area contributed by atoms with Crippen molar-refractivity contribution in [2.75, 3.05) is 26.7 Å². The predicted octanol–water partition coefficient (Wildman–Crippen LogP) is 4.59. The summed E-state index contributed by atoms with van der Waals surface area (Å²) in [6.45, 7) is 1.34. The van der Waals surface area contributed by atoms with E-state index in [2.05, 4.69) is 0 Å². The van der Waals surface area contributed by atoms with Crippen LogP contribution in [0, 0.1) is 0 Å². The summed E-state index contributed by atoms with van der Waals surface area (Å²) in [5.41, 5.74) is 1.47. The molecule has 2 saturated heterocycles. The van der Waals surface area contributed by atoms with E-state index < -0.39 is 11.1 Å². The van der Waals surface area contributed by atoms with Gasteiger partial charge < -0.3 is 14.4 Å². The zero-order valence-electron chi connectivity index (χ0n) is 18.1. The van der Waals surface area contributed by atoms with Crippen LogP contribution in [-0.2, 0) is 16.2 Å². The Morgan fingerprint density at radius 1 is 1.15 bits per heavy atom. The van der Waals surface area contributed by atoms with Crippen LogP contribution in [0.15, 0.2) is 47.4 Å². The van der Waals surface area contributed by atoms with Crippen LogP contribution in [0.2, 0.25) is 5.02 Å². The Kier molecular flexibility index (Phi) is 7.25. The fourth-order valence-electron chi connectivity index (χ4n) is 3.72. The molecule has 3 amide bonds. The lowest BCUT2D eigenvalue weighted by atomic mass is 10.1. The first-order chi connectivity index (χ1) is 16.0. The molecule has 33 heavy (non-hydrogen) atoms. The summed E-state index contributed by atoms with van der Waals surface area (Å²) in [5, 5.41) is 0.150. The Balaban J connectivity index is 1.54. The molecule has 0 unspecified atom stereocenters. The van der Waals surface area contributed by atoms with Gasteiger partial charge in [-0.3, -0.25) is 19.3 Å². The minimum Gasteiger partial charge on any atom is -0.493 e. The van der Waals surface area contributed by atoms with Gasteiger partial charge in [-0.05, 0) is 54.4 Å². The number of imide groups is 1. The van der Waals surface area contributed by atoms with Crippen molar-refractivity contribution >= 4 is 46.5 Å². The summed E-state index contributed by atoms with van der Waals surface area (Å²) in [4.78, 5) is 40.8. The van der Waals surface area contributed by atoms with Crippen LogP contribution in [0.1, 0.15) is 24.0 Å². The normalized spacial score (nSPS) is 17.2. The Labute approximate surface area is 201 Å². The molecule has 2 aromatic carbocycles. The number of nitrogens with zero attached hydrogens (tertiary/aromatic N) is 2. The van der Waals surface area contributed by atoms with Gasteiger partial charge in [0.25, 0.3) is 11.1 Å². The van der Waals surface area contributed by atoms with Gasteiger partial charge >= 0.3 is 0 Å². The quantitative estimate of drug-likeness (QED) is 0.533. The van der Waals surface area contributed by atoms with E-state index in [1.54, 1.807) is 41.3 Å². The van der Waals surface area contributed by atoms with Crippen molar-refractivity contribution in [3.63, 3.8) is 0 Å². The highest BCUT2D eigenvalue weighted by molar-refractivity contribution is 8.18. The number of amides is 3. The van der Waals surface area contributed by atoms with E-state index in [1.165, 1.54) is 7.11 Å². The number of carbonyl (C=O) groups excluding carboxylic acids is 3. The van der Waals surface area contributed by atoms with Crippen LogP contribution in [0.25, 0.3) is 6.08 Å². The van der Waals surface area contributed by atoms with Crippen molar-refractivity contribution in [1.29, 1.82) is 0 Å². The summed E-state index contributed by atoms with van der Waals surface area (Å²) < 4.78 is 11.5. The topological polar surface area (TPSA) is 76.2 Å². The first-order valence-corrected chi connectivity index (χ1v) is 11.7. The molecule has 2 fully saturated rings. The van der Waals surface area contributed by atoms with Crippen LogP contribution in [0.3, 0.4) is 0 Å². The second-order valence-electron chi connectivity index (χ2n) is 7.65. The van der Waals surface area contributed by atoms with Gasteiger partial charge in [-0.15, -0.1) is 0 Å². The summed E-state index contributed by atoms with van der Waals surface area (Å²) >= 11 is 6.87. The van der Waals surface area contributed by atoms with Gasteiger partial charge in [0.2, 0.25) is 5.91 Å². The number of benzene rings is 2. The summed E-state index contributed by atoms with van der Waals surface area (Å²) in [6.07, 6.45) is 3.49. The molecule has 2 aromatic rings. The lowest BCUT2D eigenvalue weighted by Gasteiger charge is -2.18. The third kappa shape index (κ3) is 5.34. The van der Waals surface area contributed by atoms with Gasteiger partial charge in [-0.1, -0.05) is 35.9 Å². The number of rotatable bonds is 7. The van der Waals surface area contributed by atoms with Gasteiger partial charge in [0.05, 0.1) is 12.0 Å². The fourth-order valence-corrected chi connectivity index (χ4v) is 4.77. The van der Waals surface area contributed by atoms with E-state index in [9.17, 15) is 14.4 Å². The standard InChI is InChI=1S/C24H23ClN2O5S/c1-31-19-9-5-7-17(22(19)32-15-16-6-4-8-18(25)12-16)13-20-23(29)27(24(30)33-20)14-21(28)26-10-2-3-11-26/h4-9,12-13H,2-3,10-11,14-15H2,1H3/b20-13-. The van der Waals surface area contributed by atoms with Gasteiger partial charge in [0, 0.05) is 23.7 Å². The van der Waals surface area contributed by atoms with Crippen molar-refractivity contribution in [2.45, 2.75) is 19.4 Å². The van der Waals surface area contributed by atoms with Crippen LogP contribution in [-0.4, -0.2) is 53.6 Å². The predicted molar refractivity (Wildman–Crippen MR) is 127 cm³/mol. The van der Waals surface area contributed by atoms with Crippen molar-refractivity contribution in [1.82, 2.24) is 9.80 Å². The smallest absolute Gasteiger partial charge is 0.294 e. The van der Waals surface area contributed by atoms with E-state index in [0.29, 0.717) is 35.2 Å². The third-order valence-electron chi connectivity index (χ3n) is 5.41. The molecule has 0 aliphatic carbocycles. The number of carbonyl (C=O) groups is 3. The maximum atomic E-state index is 12.9. The zero-order chi connectivity index (χ0) is 23.4. The lowest BCUT2D eigenvalue weighted by Crippen LogP contribution is -2.40. The molecule has 0 atom stereocenters. The first-order valence-electron chi connectivity index (χ1n) is 10.5. The first kappa shape index (κ1) is 23.2. The van der Waals surface area contributed by atoms with E-state index in [4.69, 9.17) is 21.1 Å². The van der Waals surface area contributed by atoms with E-state index in [0.717, 1.165) is 35.1 Å². The van der Waals surface area contributed by atoms with Crippen molar-refractivity contribution in [2.24, 2.45) is 0 Å². The second kappa shape index (κ2) is 10.3. The Morgan fingerprint density at radius 2 is 1.91 bits per heavy atom. The van der Waals surface area contributed by atoms with Gasteiger partial charge in [-0.2, -0.15) is 0 Å². The Hall–Kier alpha value is -2.97. The Morgan fingerprint density at radius 3 is 2.64 bits per heavy atom. The van der Waals surface area contributed by atoms with E-state index >= 15 is 0 Å². The number of methoxy groups -OCH3 is 1. The molecule has 2 aliphatic rings. The molecule has 2 aliphatic heterocycles. The molecule has 0 spiro atoms. The van der Waals surface area contributed by atoms with Crippen LogP contribution in [0.5, 0.6) is 11.5 Å². The fraction of sp³-hybridized carbons (Fsp3) is 0.292. The molecular formula is C24H23ClN2O5S. The molecule has 172 valence electrons. The minimum atomic E-state index is -0.485. The molecule has 0 aromatic heterocycles. The number of thioether (sulfide) groups is 1. The monoisotopic (exact) mass is 486 g/mol. The number of para-hydroxylation sites is 1. The highest BCUT2D eigenvalue weighted by Crippen LogP contribution is 2.37. The van der Waals surface area contributed by atoms with Crippen LogP contribution in [0.4, 0.5) is 4.79 Å². The number of hydrogen-bond acceptors (Lipinski definition) is 6. The molecule has 0 N–H and O–H groups in total. The Bertz CT molecular complexity index is 1110. The SMILES string of the molecule is COc1cccc(/C=C2\SC(=O)N(CC(=O)N3CCCC3)C2=O)c1OCc1cccc(Cl)c1. The maximum Gasteiger partial charge on any atom is 0.294 e. The van der Waals surface area contributed by atoms with E-state index in [1.807, 2.05) is 12.1 Å². The van der Waals surface area contributed by atoms with Gasteiger partial charge in [-0.25, -0.2) is 0 Å². The molecular weight excluding hydrogens is 464 g/mol. The minimum absolute atomic E-state index is 0.206. The van der Waals surface area contributed by atoms with Crippen molar-refractivity contribution < 1.29 is 23.9 Å². The molecule has 7 nitrogen and oxygen atoms in total. The second-order valence-corrected chi connectivity index (χ2v) is 9.08. The third-order valence-corrected chi connectivity index (χ3v) is 6.56. The van der Waals surface area contributed by atoms with Gasteiger partial charge in [0.1, 0.15) is 13.2 Å². The number of ether oxygens (including phenoxy) is 2. The number of halogens is 1. The van der Waals surface area contributed by atoms with Crippen LogP contribution < -0.4 is 9.47 Å². The molecule has 4 rings (SSSR count). The summed E-state index contributed by atoms with van der Waals surface area (Å²) in [7, 11) is 1.53. The van der Waals surface area contributed by atoms with Crippen LogP contribution >= 0.6 is 23.4 Å². The van der Waals surface area contributed by atoms with E-state index in [-0.39, 0.29) is 24.0 Å².